The van der Waals surface area contributed by atoms with Crippen LogP contribution < -0.4 is 4.74 Å². The average Bonchev–Trinajstić information content (AvgIpc) is 2.40. The predicted octanol–water partition coefficient (Wildman–Crippen LogP) is 3.46. The molecule has 0 amide bonds. The second kappa shape index (κ2) is 6.39. The van der Waals surface area contributed by atoms with E-state index in [1.807, 2.05) is 43.3 Å². The van der Waals surface area contributed by atoms with Gasteiger partial charge in [-0.25, -0.2) is 0 Å². The van der Waals surface area contributed by atoms with Crippen LogP contribution in [-0.2, 0) is 0 Å². The lowest BCUT2D eigenvalue weighted by Crippen LogP contribution is -2.14. The van der Waals surface area contributed by atoms with Crippen LogP contribution in [0.3, 0.4) is 0 Å². The fourth-order valence-corrected chi connectivity index (χ4v) is 2.08. The topological polar surface area (TPSA) is 29.5 Å². The molecule has 0 fully saturated rings. The molecular weight excluding hydrogens is 236 g/mol. The third kappa shape index (κ3) is 3.83. The maximum atomic E-state index is 9.52. The molecule has 0 heterocycles. The van der Waals surface area contributed by atoms with Crippen molar-refractivity contribution in [2.45, 2.75) is 19.8 Å². The van der Waals surface area contributed by atoms with Crippen LogP contribution >= 0.6 is 0 Å². The normalized spacial score (nSPS) is 12.2. The summed E-state index contributed by atoms with van der Waals surface area (Å²) in [6.45, 7) is 4.68. The second-order valence-electron chi connectivity index (χ2n) is 4.92. The van der Waals surface area contributed by atoms with E-state index in [9.17, 15) is 5.11 Å². The van der Waals surface area contributed by atoms with Gasteiger partial charge >= 0.3 is 0 Å². The van der Waals surface area contributed by atoms with Gasteiger partial charge in [-0.15, -0.1) is 0 Å². The molecule has 19 heavy (non-hydrogen) atoms. The van der Waals surface area contributed by atoms with Crippen LogP contribution in [0.25, 0.3) is 0 Å². The van der Waals surface area contributed by atoms with Gasteiger partial charge in [0, 0.05) is 5.92 Å². The summed E-state index contributed by atoms with van der Waals surface area (Å²) < 4.78 is 5.77. The molecule has 1 N–H and O–H groups in total. The molecule has 0 radical (unpaired) electrons. The van der Waals surface area contributed by atoms with Crippen molar-refractivity contribution in [3.05, 3.63) is 65.2 Å². The second-order valence-corrected chi connectivity index (χ2v) is 4.92. The molecule has 0 aliphatic carbocycles. The SMILES string of the molecule is Cc1cccc(OCC(CO)c2cccc(C)c2)c1. The molecule has 2 heteroatoms. The van der Waals surface area contributed by atoms with Gasteiger partial charge in [-0.05, 0) is 37.1 Å². The van der Waals surface area contributed by atoms with Gasteiger partial charge in [0.1, 0.15) is 5.75 Å². The Morgan fingerprint density at radius 2 is 1.68 bits per heavy atom. The van der Waals surface area contributed by atoms with E-state index in [0.29, 0.717) is 6.61 Å². The first-order chi connectivity index (χ1) is 9.19. The lowest BCUT2D eigenvalue weighted by Gasteiger charge is -2.16. The third-order valence-electron chi connectivity index (χ3n) is 3.17. The number of benzene rings is 2. The van der Waals surface area contributed by atoms with Crippen molar-refractivity contribution in [1.82, 2.24) is 0 Å². The Morgan fingerprint density at radius 1 is 1.00 bits per heavy atom. The van der Waals surface area contributed by atoms with Crippen molar-refractivity contribution in [3.63, 3.8) is 0 Å². The number of aliphatic hydroxyl groups is 1. The number of hydrogen-bond donors (Lipinski definition) is 1. The molecule has 0 aliphatic rings. The quantitative estimate of drug-likeness (QED) is 0.887. The smallest absolute Gasteiger partial charge is 0.119 e. The van der Waals surface area contributed by atoms with Gasteiger partial charge in [-0.2, -0.15) is 0 Å². The Hall–Kier alpha value is -1.80. The zero-order valence-electron chi connectivity index (χ0n) is 11.5. The van der Waals surface area contributed by atoms with Crippen molar-refractivity contribution in [3.8, 4) is 5.75 Å². The Balaban J connectivity index is 2.04. The van der Waals surface area contributed by atoms with Crippen LogP contribution in [0.2, 0.25) is 0 Å². The van der Waals surface area contributed by atoms with Crippen LogP contribution in [0.4, 0.5) is 0 Å². The van der Waals surface area contributed by atoms with Crippen LogP contribution in [0.1, 0.15) is 22.6 Å². The number of hydrogen-bond acceptors (Lipinski definition) is 2. The van der Waals surface area contributed by atoms with Gasteiger partial charge < -0.3 is 9.84 Å². The van der Waals surface area contributed by atoms with Gasteiger partial charge in [0.05, 0.1) is 13.2 Å². The number of rotatable bonds is 5. The summed E-state index contributed by atoms with van der Waals surface area (Å²) in [6, 6.07) is 16.2. The minimum atomic E-state index is 0.0143. The van der Waals surface area contributed by atoms with Crippen LogP contribution in [0.15, 0.2) is 48.5 Å². The van der Waals surface area contributed by atoms with Crippen LogP contribution in [-0.4, -0.2) is 18.3 Å². The van der Waals surface area contributed by atoms with Crippen molar-refractivity contribution in [2.24, 2.45) is 0 Å². The first-order valence-electron chi connectivity index (χ1n) is 6.56. The molecule has 0 aliphatic heterocycles. The fraction of sp³-hybridized carbons (Fsp3) is 0.294. The Labute approximate surface area is 114 Å². The maximum Gasteiger partial charge on any atom is 0.119 e. The highest BCUT2D eigenvalue weighted by atomic mass is 16.5. The highest BCUT2D eigenvalue weighted by Crippen LogP contribution is 2.19. The van der Waals surface area contributed by atoms with Gasteiger partial charge in [-0.3, -0.25) is 0 Å². The van der Waals surface area contributed by atoms with Crippen molar-refractivity contribution in [2.75, 3.05) is 13.2 Å². The minimum absolute atomic E-state index is 0.0143. The van der Waals surface area contributed by atoms with E-state index in [0.717, 1.165) is 11.3 Å². The molecule has 0 saturated carbocycles. The molecule has 2 rings (SSSR count). The summed E-state index contributed by atoms with van der Waals surface area (Å²) in [5.74, 6) is 0.867. The van der Waals surface area contributed by atoms with Gasteiger partial charge in [0.25, 0.3) is 0 Å². The summed E-state index contributed by atoms with van der Waals surface area (Å²) in [5.41, 5.74) is 3.50. The first-order valence-corrected chi connectivity index (χ1v) is 6.56. The zero-order chi connectivity index (χ0) is 13.7. The van der Waals surface area contributed by atoms with E-state index in [2.05, 4.69) is 19.1 Å². The molecule has 1 unspecified atom stereocenters. The lowest BCUT2D eigenvalue weighted by molar-refractivity contribution is 0.205. The monoisotopic (exact) mass is 256 g/mol. The summed E-state index contributed by atoms with van der Waals surface area (Å²) in [4.78, 5) is 0. The average molecular weight is 256 g/mol. The van der Waals surface area contributed by atoms with E-state index in [-0.39, 0.29) is 12.5 Å². The van der Waals surface area contributed by atoms with E-state index in [4.69, 9.17) is 4.74 Å². The largest absolute Gasteiger partial charge is 0.493 e. The van der Waals surface area contributed by atoms with Crippen LogP contribution in [0.5, 0.6) is 5.75 Å². The summed E-state index contributed by atoms with van der Waals surface area (Å²) in [5, 5.41) is 9.52. The van der Waals surface area contributed by atoms with Crippen molar-refractivity contribution < 1.29 is 9.84 Å². The number of aryl methyl sites for hydroxylation is 2. The molecule has 0 bridgehead atoms. The minimum Gasteiger partial charge on any atom is -0.493 e. The Morgan fingerprint density at radius 3 is 2.32 bits per heavy atom. The summed E-state index contributed by atoms with van der Waals surface area (Å²) in [6.07, 6.45) is 0. The molecule has 2 aromatic rings. The Bertz CT molecular complexity index is 534. The van der Waals surface area contributed by atoms with Gasteiger partial charge in [-0.1, -0.05) is 42.0 Å². The number of ether oxygens (including phenoxy) is 1. The lowest BCUT2D eigenvalue weighted by atomic mass is 9.99. The number of aliphatic hydroxyl groups excluding tert-OH is 1. The van der Waals surface area contributed by atoms with E-state index in [1.54, 1.807) is 0 Å². The predicted molar refractivity (Wildman–Crippen MR) is 77.7 cm³/mol. The van der Waals surface area contributed by atoms with Gasteiger partial charge in [0.15, 0.2) is 0 Å². The molecule has 2 aromatic carbocycles. The van der Waals surface area contributed by atoms with Crippen molar-refractivity contribution >= 4 is 0 Å². The van der Waals surface area contributed by atoms with E-state index >= 15 is 0 Å². The Kier molecular flexibility index (Phi) is 4.58. The molecule has 1 atom stereocenters. The first kappa shape index (κ1) is 13.6. The molecule has 0 aromatic heterocycles. The molecular formula is C17H20O2. The third-order valence-corrected chi connectivity index (χ3v) is 3.17. The summed E-state index contributed by atoms with van der Waals surface area (Å²) in [7, 11) is 0. The molecule has 2 nitrogen and oxygen atoms in total. The zero-order valence-corrected chi connectivity index (χ0v) is 11.5. The van der Waals surface area contributed by atoms with Crippen molar-refractivity contribution in [1.29, 1.82) is 0 Å². The molecule has 0 spiro atoms. The summed E-state index contributed by atoms with van der Waals surface area (Å²) >= 11 is 0. The highest BCUT2D eigenvalue weighted by molar-refractivity contribution is 5.29. The van der Waals surface area contributed by atoms with E-state index < -0.39 is 0 Å². The van der Waals surface area contributed by atoms with Crippen LogP contribution in [0, 0.1) is 13.8 Å². The molecule has 100 valence electrons. The highest BCUT2D eigenvalue weighted by Gasteiger charge is 2.11. The maximum absolute atomic E-state index is 9.52. The fourth-order valence-electron chi connectivity index (χ4n) is 2.08. The van der Waals surface area contributed by atoms with Gasteiger partial charge in [0.2, 0.25) is 0 Å². The molecule has 0 saturated heterocycles. The standard InChI is InChI=1S/C17H20O2/c1-13-5-3-7-15(9-13)16(11-18)12-19-17-8-4-6-14(2)10-17/h3-10,16,18H,11-12H2,1-2H3. The van der Waals surface area contributed by atoms with E-state index in [1.165, 1.54) is 11.1 Å².